The highest BCUT2D eigenvalue weighted by molar-refractivity contribution is 5.43. The Bertz CT molecular complexity index is 383. The van der Waals surface area contributed by atoms with Crippen LogP contribution >= 0.6 is 0 Å². The Balaban J connectivity index is 2.22. The van der Waals surface area contributed by atoms with Gasteiger partial charge in [-0.25, -0.2) is 4.98 Å². The van der Waals surface area contributed by atoms with Crippen LogP contribution in [0.2, 0.25) is 0 Å². The number of piperidine rings is 1. The van der Waals surface area contributed by atoms with Crippen LogP contribution in [0.15, 0.2) is 12.1 Å². The van der Waals surface area contributed by atoms with E-state index in [0.29, 0.717) is 5.92 Å². The third-order valence-corrected chi connectivity index (χ3v) is 4.13. The summed E-state index contributed by atoms with van der Waals surface area (Å²) in [4.78, 5) is 7.06. The Morgan fingerprint density at radius 1 is 1.33 bits per heavy atom. The van der Waals surface area contributed by atoms with E-state index in [0.717, 1.165) is 42.5 Å². The van der Waals surface area contributed by atoms with Crippen LogP contribution in [0.3, 0.4) is 0 Å². The highest BCUT2D eigenvalue weighted by atomic mass is 16.3. The third kappa shape index (κ3) is 2.83. The summed E-state index contributed by atoms with van der Waals surface area (Å²) in [6, 6.07) is 4.03. The number of aryl methyl sites for hydroxylation is 1. The lowest BCUT2D eigenvalue weighted by atomic mass is 9.89. The molecule has 3 nitrogen and oxygen atoms in total. The molecule has 3 heteroatoms. The van der Waals surface area contributed by atoms with Crippen LogP contribution in [0.1, 0.15) is 38.4 Å². The Hall–Kier alpha value is -1.09. The number of anilines is 1. The van der Waals surface area contributed by atoms with Crippen molar-refractivity contribution in [3.63, 3.8) is 0 Å². The summed E-state index contributed by atoms with van der Waals surface area (Å²) in [7, 11) is 0. The molecule has 1 aliphatic rings. The van der Waals surface area contributed by atoms with Crippen molar-refractivity contribution in [2.24, 2.45) is 11.8 Å². The van der Waals surface area contributed by atoms with Gasteiger partial charge >= 0.3 is 0 Å². The molecule has 100 valence electrons. The second-order valence-electron chi connectivity index (χ2n) is 5.53. The molecule has 0 bridgehead atoms. The van der Waals surface area contributed by atoms with Crippen LogP contribution in [-0.4, -0.2) is 23.2 Å². The average Bonchev–Trinajstić information content (AvgIpc) is 2.41. The number of nitrogens with zero attached hydrogens (tertiary/aromatic N) is 2. The number of aliphatic hydroxyl groups excluding tert-OH is 1. The third-order valence-electron chi connectivity index (χ3n) is 4.13. The minimum absolute atomic E-state index is 0.0995. The molecule has 1 aliphatic heterocycles. The van der Waals surface area contributed by atoms with Crippen LogP contribution in [-0.2, 0) is 13.0 Å². The minimum atomic E-state index is 0.0995. The topological polar surface area (TPSA) is 36.4 Å². The smallest absolute Gasteiger partial charge is 0.129 e. The van der Waals surface area contributed by atoms with Gasteiger partial charge in [-0.2, -0.15) is 0 Å². The highest BCUT2D eigenvalue weighted by Crippen LogP contribution is 2.26. The molecular formula is C15H24N2O. The van der Waals surface area contributed by atoms with Gasteiger partial charge in [0.1, 0.15) is 5.82 Å². The fraction of sp³-hybridized carbons (Fsp3) is 0.667. The predicted octanol–water partition coefficient (Wildman–Crippen LogP) is 2.62. The normalized spacial score (nSPS) is 24.3. The zero-order valence-corrected chi connectivity index (χ0v) is 11.7. The molecule has 2 heterocycles. The van der Waals surface area contributed by atoms with Gasteiger partial charge in [-0.1, -0.05) is 20.8 Å². The summed E-state index contributed by atoms with van der Waals surface area (Å²) in [5.41, 5.74) is 2.05. The van der Waals surface area contributed by atoms with Gasteiger partial charge in [-0.3, -0.25) is 0 Å². The van der Waals surface area contributed by atoms with Crippen LogP contribution in [0.25, 0.3) is 0 Å². The number of aliphatic hydroxyl groups is 1. The summed E-state index contributed by atoms with van der Waals surface area (Å²) in [6.07, 6.45) is 2.15. The Morgan fingerprint density at radius 2 is 2.11 bits per heavy atom. The van der Waals surface area contributed by atoms with E-state index in [9.17, 15) is 5.11 Å². The van der Waals surface area contributed by atoms with Crippen molar-refractivity contribution in [2.75, 3.05) is 18.0 Å². The fourth-order valence-corrected chi connectivity index (χ4v) is 2.54. The molecule has 2 unspecified atom stereocenters. The van der Waals surface area contributed by atoms with Gasteiger partial charge < -0.3 is 10.0 Å². The molecule has 18 heavy (non-hydrogen) atoms. The highest BCUT2D eigenvalue weighted by Gasteiger charge is 2.23. The lowest BCUT2D eigenvalue weighted by molar-refractivity contribution is 0.281. The van der Waals surface area contributed by atoms with E-state index in [-0.39, 0.29) is 6.61 Å². The van der Waals surface area contributed by atoms with Gasteiger partial charge in [0.05, 0.1) is 6.61 Å². The van der Waals surface area contributed by atoms with Crippen molar-refractivity contribution < 1.29 is 5.11 Å². The minimum Gasteiger partial charge on any atom is -0.392 e. The van der Waals surface area contributed by atoms with Crippen molar-refractivity contribution in [2.45, 2.75) is 40.2 Å². The van der Waals surface area contributed by atoms with Gasteiger partial charge in [0, 0.05) is 18.8 Å². The summed E-state index contributed by atoms with van der Waals surface area (Å²) in [5, 5.41) is 9.33. The van der Waals surface area contributed by atoms with E-state index in [2.05, 4.69) is 25.7 Å². The molecular weight excluding hydrogens is 224 g/mol. The van der Waals surface area contributed by atoms with Crippen LogP contribution in [0.5, 0.6) is 0 Å². The molecule has 0 amide bonds. The molecule has 1 aromatic rings. The molecule has 0 radical (unpaired) electrons. The Morgan fingerprint density at radius 3 is 2.72 bits per heavy atom. The summed E-state index contributed by atoms with van der Waals surface area (Å²) < 4.78 is 0. The van der Waals surface area contributed by atoms with E-state index >= 15 is 0 Å². The first-order valence-electron chi connectivity index (χ1n) is 6.99. The van der Waals surface area contributed by atoms with Crippen molar-refractivity contribution in [3.05, 3.63) is 23.4 Å². The molecule has 0 aliphatic carbocycles. The van der Waals surface area contributed by atoms with Crippen LogP contribution < -0.4 is 4.90 Å². The molecule has 2 rings (SSSR count). The first kappa shape index (κ1) is 13.3. The van der Waals surface area contributed by atoms with E-state index in [1.54, 1.807) is 0 Å². The molecule has 0 saturated carbocycles. The summed E-state index contributed by atoms with van der Waals surface area (Å²) in [6.45, 7) is 9.00. The number of rotatable bonds is 3. The maximum Gasteiger partial charge on any atom is 0.129 e. The maximum atomic E-state index is 9.33. The fourth-order valence-electron chi connectivity index (χ4n) is 2.54. The quantitative estimate of drug-likeness (QED) is 0.893. The van der Waals surface area contributed by atoms with Crippen molar-refractivity contribution in [1.29, 1.82) is 0 Å². The average molecular weight is 248 g/mol. The molecule has 0 spiro atoms. The monoisotopic (exact) mass is 248 g/mol. The molecule has 2 atom stereocenters. The first-order valence-corrected chi connectivity index (χ1v) is 6.99. The largest absolute Gasteiger partial charge is 0.392 e. The van der Waals surface area contributed by atoms with Crippen LogP contribution in [0.4, 0.5) is 5.82 Å². The number of pyridine rings is 1. The summed E-state index contributed by atoms with van der Waals surface area (Å²) in [5.74, 6) is 2.55. The summed E-state index contributed by atoms with van der Waals surface area (Å²) >= 11 is 0. The lowest BCUT2D eigenvalue weighted by Gasteiger charge is -2.36. The molecule has 1 fully saturated rings. The lowest BCUT2D eigenvalue weighted by Crippen LogP contribution is -2.39. The number of hydrogen-bond donors (Lipinski definition) is 1. The van der Waals surface area contributed by atoms with E-state index in [1.807, 2.05) is 12.1 Å². The van der Waals surface area contributed by atoms with E-state index in [4.69, 9.17) is 4.98 Å². The van der Waals surface area contributed by atoms with E-state index < -0.39 is 0 Å². The van der Waals surface area contributed by atoms with Gasteiger partial charge in [0.15, 0.2) is 0 Å². The molecule has 1 saturated heterocycles. The predicted molar refractivity (Wildman–Crippen MR) is 74.7 cm³/mol. The standard InChI is InChI=1S/C15H24N2O/c1-4-14-7-13(10-18)8-15(16-14)17-6-5-11(2)12(3)9-17/h7-8,11-12,18H,4-6,9-10H2,1-3H3. The van der Waals surface area contributed by atoms with Gasteiger partial charge in [-0.05, 0) is 42.4 Å². The second kappa shape index (κ2) is 5.70. The van der Waals surface area contributed by atoms with E-state index in [1.165, 1.54) is 6.42 Å². The zero-order chi connectivity index (χ0) is 13.1. The number of aromatic nitrogens is 1. The number of hydrogen-bond acceptors (Lipinski definition) is 3. The second-order valence-corrected chi connectivity index (χ2v) is 5.53. The first-order chi connectivity index (χ1) is 8.63. The Kier molecular flexibility index (Phi) is 4.23. The Labute approximate surface area is 110 Å². The van der Waals surface area contributed by atoms with Gasteiger partial charge in [0.25, 0.3) is 0 Å². The maximum absolute atomic E-state index is 9.33. The molecule has 1 N–H and O–H groups in total. The van der Waals surface area contributed by atoms with Crippen molar-refractivity contribution in [3.8, 4) is 0 Å². The van der Waals surface area contributed by atoms with Crippen LogP contribution in [0, 0.1) is 11.8 Å². The SMILES string of the molecule is CCc1cc(CO)cc(N2CCC(C)C(C)C2)n1. The van der Waals surface area contributed by atoms with Crippen molar-refractivity contribution in [1.82, 2.24) is 4.98 Å². The van der Waals surface area contributed by atoms with Gasteiger partial charge in [-0.15, -0.1) is 0 Å². The zero-order valence-electron chi connectivity index (χ0n) is 11.7. The van der Waals surface area contributed by atoms with Crippen molar-refractivity contribution >= 4 is 5.82 Å². The van der Waals surface area contributed by atoms with Gasteiger partial charge in [0.2, 0.25) is 0 Å². The molecule has 1 aromatic heterocycles. The molecule has 0 aromatic carbocycles.